The molecule has 2 unspecified atom stereocenters. The molecule has 5 rings (SSSR count). The molecule has 9 heteroatoms. The number of halogens is 2. The van der Waals surface area contributed by atoms with Crippen LogP contribution >= 0.6 is 24.0 Å². The maximum Gasteiger partial charge on any atom is 0.298 e. The summed E-state index contributed by atoms with van der Waals surface area (Å²) in [6.07, 6.45) is 6.62. The number of piperazine rings is 1. The van der Waals surface area contributed by atoms with Gasteiger partial charge in [-0.2, -0.15) is 4.98 Å². The number of hydrogen-bond donors (Lipinski definition) is 1. The average molecular weight is 468 g/mol. The molecular weight excluding hydrogens is 437 g/mol. The van der Waals surface area contributed by atoms with E-state index in [2.05, 4.69) is 33.7 Å². The van der Waals surface area contributed by atoms with Gasteiger partial charge in [-0.25, -0.2) is 0 Å². The van der Waals surface area contributed by atoms with Crippen LogP contribution in [0.5, 0.6) is 0 Å². The predicted molar refractivity (Wildman–Crippen MR) is 125 cm³/mol. The molecule has 31 heavy (non-hydrogen) atoms. The van der Waals surface area contributed by atoms with Crippen molar-refractivity contribution in [2.45, 2.75) is 63.2 Å². The van der Waals surface area contributed by atoms with Crippen LogP contribution in [0.4, 0.5) is 6.01 Å². The molecule has 3 aliphatic heterocycles. The van der Waals surface area contributed by atoms with E-state index in [1.165, 1.54) is 32.1 Å². The standard InChI is InChI=1S/C22H30ClN5O2.ClH/c1-13-12-27(17-10-15-4-3-5-16(11-17)26(15)2)6-7-28(13)22-25-20-18(21(24)29)8-14(23)9-19(20)30-22;/h8-9,13,15-17H,3-7,10-12H2,1-2H3,(H2,24,29);1H/t13-,15?,16?,17?;/m0./s1. The number of rotatable bonds is 3. The number of nitrogens with zero attached hydrogens (tertiary/aromatic N) is 4. The Balaban J connectivity index is 0.00000231. The molecule has 2 N–H and O–H groups in total. The molecule has 3 saturated heterocycles. The first-order valence-electron chi connectivity index (χ1n) is 11.0. The molecule has 3 fully saturated rings. The first-order chi connectivity index (χ1) is 14.4. The van der Waals surface area contributed by atoms with E-state index in [1.807, 2.05) is 0 Å². The van der Waals surface area contributed by atoms with Crippen LogP contribution < -0.4 is 10.6 Å². The van der Waals surface area contributed by atoms with Crippen LogP contribution in [-0.4, -0.2) is 71.5 Å². The first kappa shape index (κ1) is 22.6. The van der Waals surface area contributed by atoms with E-state index in [-0.39, 0.29) is 18.4 Å². The molecule has 0 aliphatic carbocycles. The Morgan fingerprint density at radius 3 is 2.55 bits per heavy atom. The van der Waals surface area contributed by atoms with E-state index in [1.54, 1.807) is 12.1 Å². The highest BCUT2D eigenvalue weighted by molar-refractivity contribution is 6.32. The summed E-state index contributed by atoms with van der Waals surface area (Å²) in [5.74, 6) is -0.548. The molecular formula is C22H31Cl2N5O2. The minimum absolute atomic E-state index is 0. The van der Waals surface area contributed by atoms with Crippen molar-refractivity contribution in [1.29, 1.82) is 0 Å². The summed E-state index contributed by atoms with van der Waals surface area (Å²) in [7, 11) is 2.31. The van der Waals surface area contributed by atoms with Crippen molar-refractivity contribution < 1.29 is 9.21 Å². The molecule has 3 aliphatic rings. The molecule has 0 saturated carbocycles. The minimum Gasteiger partial charge on any atom is -0.423 e. The summed E-state index contributed by atoms with van der Waals surface area (Å²) in [4.78, 5) is 23.9. The Bertz CT molecular complexity index is 953. The largest absolute Gasteiger partial charge is 0.423 e. The zero-order valence-electron chi connectivity index (χ0n) is 18.1. The third-order valence-corrected chi connectivity index (χ3v) is 7.67. The monoisotopic (exact) mass is 467 g/mol. The van der Waals surface area contributed by atoms with E-state index in [4.69, 9.17) is 21.8 Å². The van der Waals surface area contributed by atoms with Crippen LogP contribution in [0.3, 0.4) is 0 Å². The van der Waals surface area contributed by atoms with Crippen molar-refractivity contribution in [3.63, 3.8) is 0 Å². The van der Waals surface area contributed by atoms with E-state index in [0.717, 1.165) is 31.7 Å². The number of carbonyl (C=O) groups is 1. The van der Waals surface area contributed by atoms with Gasteiger partial charge in [-0.15, -0.1) is 12.4 Å². The highest BCUT2D eigenvalue weighted by Crippen LogP contribution is 2.36. The Morgan fingerprint density at radius 1 is 1.19 bits per heavy atom. The number of primary amides is 1. The van der Waals surface area contributed by atoms with Gasteiger partial charge >= 0.3 is 0 Å². The molecule has 7 nitrogen and oxygen atoms in total. The predicted octanol–water partition coefficient (Wildman–Crippen LogP) is 3.53. The van der Waals surface area contributed by atoms with Gasteiger partial charge in [0.25, 0.3) is 11.9 Å². The number of aromatic nitrogens is 1. The minimum atomic E-state index is -0.548. The number of amides is 1. The Kier molecular flexibility index (Phi) is 6.41. The van der Waals surface area contributed by atoms with Crippen molar-refractivity contribution in [3.05, 3.63) is 22.7 Å². The van der Waals surface area contributed by atoms with Gasteiger partial charge in [0.05, 0.1) is 5.56 Å². The van der Waals surface area contributed by atoms with E-state index < -0.39 is 5.91 Å². The number of nitrogens with two attached hydrogens (primary N) is 1. The zero-order chi connectivity index (χ0) is 21.0. The van der Waals surface area contributed by atoms with Gasteiger partial charge in [-0.1, -0.05) is 18.0 Å². The normalized spacial score (nSPS) is 29.7. The quantitative estimate of drug-likeness (QED) is 0.743. The topological polar surface area (TPSA) is 78.8 Å². The number of carbonyl (C=O) groups excluding carboxylic acids is 1. The van der Waals surface area contributed by atoms with Gasteiger partial charge in [0, 0.05) is 54.9 Å². The summed E-state index contributed by atoms with van der Waals surface area (Å²) in [6, 6.07) is 6.22. The van der Waals surface area contributed by atoms with Crippen LogP contribution in [0.25, 0.3) is 11.1 Å². The van der Waals surface area contributed by atoms with Crippen LogP contribution in [0, 0.1) is 0 Å². The first-order valence-corrected chi connectivity index (χ1v) is 11.4. The van der Waals surface area contributed by atoms with Crippen LogP contribution in [0.1, 0.15) is 49.4 Å². The van der Waals surface area contributed by atoms with Crippen molar-refractivity contribution in [2.24, 2.45) is 5.73 Å². The molecule has 0 spiro atoms. The Hall–Kier alpha value is -1.54. The number of anilines is 1. The third kappa shape index (κ3) is 4.13. The van der Waals surface area contributed by atoms with E-state index in [0.29, 0.717) is 33.7 Å². The Labute approximate surface area is 194 Å². The van der Waals surface area contributed by atoms with Crippen molar-refractivity contribution in [2.75, 3.05) is 31.6 Å². The maximum atomic E-state index is 11.8. The van der Waals surface area contributed by atoms with Gasteiger partial charge in [0.15, 0.2) is 5.58 Å². The second kappa shape index (κ2) is 8.77. The fourth-order valence-corrected chi connectivity index (χ4v) is 5.99. The van der Waals surface area contributed by atoms with Gasteiger partial charge in [-0.3, -0.25) is 9.69 Å². The van der Waals surface area contributed by atoms with Crippen molar-refractivity contribution in [1.82, 2.24) is 14.8 Å². The lowest BCUT2D eigenvalue weighted by Gasteiger charge is -2.51. The van der Waals surface area contributed by atoms with Crippen molar-refractivity contribution in [3.8, 4) is 0 Å². The van der Waals surface area contributed by atoms with Crippen molar-refractivity contribution >= 4 is 47.0 Å². The van der Waals surface area contributed by atoms with Crippen LogP contribution in [0.2, 0.25) is 5.02 Å². The van der Waals surface area contributed by atoms with Gasteiger partial charge in [-0.05, 0) is 45.7 Å². The second-order valence-corrected chi connectivity index (χ2v) is 9.66. The smallest absolute Gasteiger partial charge is 0.298 e. The van der Waals surface area contributed by atoms with Gasteiger partial charge in [0.2, 0.25) is 0 Å². The van der Waals surface area contributed by atoms with Gasteiger partial charge in [0.1, 0.15) is 5.52 Å². The lowest BCUT2D eigenvalue weighted by Crippen LogP contribution is -2.60. The molecule has 2 aromatic rings. The molecule has 3 atom stereocenters. The Morgan fingerprint density at radius 2 is 1.90 bits per heavy atom. The summed E-state index contributed by atoms with van der Waals surface area (Å²) in [6.45, 7) is 5.07. The summed E-state index contributed by atoms with van der Waals surface area (Å²) in [5, 5.41) is 0.421. The molecule has 1 aromatic heterocycles. The summed E-state index contributed by atoms with van der Waals surface area (Å²) in [5.41, 5.74) is 6.80. The highest BCUT2D eigenvalue weighted by atomic mass is 35.5. The second-order valence-electron chi connectivity index (χ2n) is 9.23. The molecule has 2 bridgehead atoms. The lowest BCUT2D eigenvalue weighted by molar-refractivity contribution is 0.00375. The summed E-state index contributed by atoms with van der Waals surface area (Å²) >= 11 is 6.13. The fourth-order valence-electron chi connectivity index (χ4n) is 5.78. The molecule has 170 valence electrons. The average Bonchev–Trinajstić information content (AvgIpc) is 3.10. The van der Waals surface area contributed by atoms with Gasteiger partial charge < -0.3 is 20.0 Å². The summed E-state index contributed by atoms with van der Waals surface area (Å²) < 4.78 is 6.00. The SMILES string of the molecule is C[C@H]1CN(C2CC3CCCC(C2)N3C)CCN1c1nc2c(C(N)=O)cc(Cl)cc2o1.Cl. The highest BCUT2D eigenvalue weighted by Gasteiger charge is 2.40. The number of benzene rings is 1. The number of hydrogen-bond acceptors (Lipinski definition) is 6. The molecule has 0 radical (unpaired) electrons. The third-order valence-electron chi connectivity index (χ3n) is 7.45. The number of fused-ring (bicyclic) bond motifs is 3. The van der Waals surface area contributed by atoms with Crippen LogP contribution in [-0.2, 0) is 0 Å². The molecule has 1 aromatic carbocycles. The van der Waals surface area contributed by atoms with E-state index in [9.17, 15) is 4.79 Å². The lowest BCUT2D eigenvalue weighted by atomic mass is 9.81. The molecule has 4 heterocycles. The maximum absolute atomic E-state index is 11.8. The van der Waals surface area contributed by atoms with Crippen LogP contribution in [0.15, 0.2) is 16.5 Å². The number of piperidine rings is 2. The molecule has 1 amide bonds. The van der Waals surface area contributed by atoms with E-state index >= 15 is 0 Å². The zero-order valence-corrected chi connectivity index (χ0v) is 19.7. The number of oxazole rings is 1. The fraction of sp³-hybridized carbons (Fsp3) is 0.636.